The summed E-state index contributed by atoms with van der Waals surface area (Å²) in [5.41, 5.74) is 1.65. The average molecular weight is 399 g/mol. The summed E-state index contributed by atoms with van der Waals surface area (Å²) in [5, 5.41) is 4.51. The SMILES string of the molecule is CC(C)(C)OC(=O)N1CCC(n2cc(-c3cc4c(cc3C=O)OCO4)cn2)CC1. The van der Waals surface area contributed by atoms with Gasteiger partial charge in [-0.05, 0) is 51.3 Å². The lowest BCUT2D eigenvalue weighted by Crippen LogP contribution is -2.42. The van der Waals surface area contributed by atoms with E-state index in [0.29, 0.717) is 30.2 Å². The van der Waals surface area contributed by atoms with Gasteiger partial charge in [-0.1, -0.05) is 0 Å². The predicted molar refractivity (Wildman–Crippen MR) is 105 cm³/mol. The minimum absolute atomic E-state index is 0.159. The maximum atomic E-state index is 12.2. The third kappa shape index (κ3) is 4.06. The van der Waals surface area contributed by atoms with Crippen molar-refractivity contribution in [2.24, 2.45) is 0 Å². The molecule has 0 unspecified atom stereocenters. The summed E-state index contributed by atoms with van der Waals surface area (Å²) in [6.45, 7) is 7.01. The first-order chi connectivity index (χ1) is 13.8. The molecule has 29 heavy (non-hydrogen) atoms. The molecule has 8 nitrogen and oxygen atoms in total. The number of piperidine rings is 1. The molecule has 0 saturated carbocycles. The van der Waals surface area contributed by atoms with Crippen molar-refractivity contribution >= 4 is 12.4 Å². The molecular formula is C21H25N3O5. The highest BCUT2D eigenvalue weighted by Crippen LogP contribution is 2.38. The van der Waals surface area contributed by atoms with Gasteiger partial charge >= 0.3 is 6.09 Å². The summed E-state index contributed by atoms with van der Waals surface area (Å²) < 4.78 is 18.2. The topological polar surface area (TPSA) is 82.9 Å². The van der Waals surface area contributed by atoms with Crippen LogP contribution in [0.2, 0.25) is 0 Å². The summed E-state index contributed by atoms with van der Waals surface area (Å²) in [6.07, 6.45) is 5.83. The maximum absolute atomic E-state index is 12.2. The summed E-state index contributed by atoms with van der Waals surface area (Å²) in [6, 6.07) is 3.70. The normalized spacial score (nSPS) is 16.7. The summed E-state index contributed by atoms with van der Waals surface area (Å²) in [7, 11) is 0. The van der Waals surface area contributed by atoms with Crippen LogP contribution >= 0.6 is 0 Å². The van der Waals surface area contributed by atoms with E-state index in [1.165, 1.54) is 0 Å². The number of nitrogens with zero attached hydrogens (tertiary/aromatic N) is 3. The van der Waals surface area contributed by atoms with Gasteiger partial charge in [-0.15, -0.1) is 0 Å². The molecule has 0 spiro atoms. The molecule has 1 fully saturated rings. The average Bonchev–Trinajstić information content (AvgIpc) is 3.34. The smallest absolute Gasteiger partial charge is 0.410 e. The Morgan fingerprint density at radius 3 is 2.55 bits per heavy atom. The molecule has 1 amide bonds. The first-order valence-electron chi connectivity index (χ1n) is 9.75. The van der Waals surface area contributed by atoms with Crippen molar-refractivity contribution in [2.75, 3.05) is 19.9 Å². The van der Waals surface area contributed by atoms with Gasteiger partial charge in [-0.25, -0.2) is 4.79 Å². The third-order valence-electron chi connectivity index (χ3n) is 5.07. The van der Waals surface area contributed by atoms with Crippen LogP contribution in [0.25, 0.3) is 11.1 Å². The molecule has 2 aliphatic heterocycles. The lowest BCUT2D eigenvalue weighted by atomic mass is 10.0. The van der Waals surface area contributed by atoms with Crippen molar-refractivity contribution in [1.29, 1.82) is 0 Å². The highest BCUT2D eigenvalue weighted by Gasteiger charge is 2.28. The molecule has 2 aliphatic rings. The van der Waals surface area contributed by atoms with E-state index < -0.39 is 5.60 Å². The number of aldehydes is 1. The largest absolute Gasteiger partial charge is 0.454 e. The Morgan fingerprint density at radius 2 is 1.90 bits per heavy atom. The number of likely N-dealkylation sites (tertiary alicyclic amines) is 1. The van der Waals surface area contributed by atoms with Crippen molar-refractivity contribution in [3.05, 3.63) is 30.1 Å². The number of hydrogen-bond donors (Lipinski definition) is 0. The fourth-order valence-electron chi connectivity index (χ4n) is 3.62. The predicted octanol–water partition coefficient (Wildman–Crippen LogP) is 3.66. The lowest BCUT2D eigenvalue weighted by Gasteiger charge is -2.33. The molecule has 2 aromatic rings. The number of amides is 1. The van der Waals surface area contributed by atoms with Crippen LogP contribution in [0.5, 0.6) is 11.5 Å². The van der Waals surface area contributed by atoms with E-state index in [2.05, 4.69) is 5.10 Å². The monoisotopic (exact) mass is 399 g/mol. The zero-order chi connectivity index (χ0) is 20.6. The van der Waals surface area contributed by atoms with Gasteiger partial charge in [-0.2, -0.15) is 5.10 Å². The van der Waals surface area contributed by atoms with Gasteiger partial charge in [0, 0.05) is 30.4 Å². The molecule has 3 heterocycles. The lowest BCUT2D eigenvalue weighted by molar-refractivity contribution is 0.0184. The Kier molecular flexibility index (Phi) is 4.94. The van der Waals surface area contributed by atoms with Crippen LogP contribution in [-0.2, 0) is 4.74 Å². The quantitative estimate of drug-likeness (QED) is 0.733. The van der Waals surface area contributed by atoms with Gasteiger partial charge in [0.2, 0.25) is 6.79 Å². The standard InChI is InChI=1S/C21H25N3O5/c1-21(2,3)29-20(26)23-6-4-16(5-7-23)24-11-15(10-22-24)17-9-19-18(27-13-28-19)8-14(17)12-25/h8-12,16H,4-7,13H2,1-3H3. The number of carbonyl (C=O) groups excluding carboxylic acids is 2. The van der Waals surface area contributed by atoms with Gasteiger partial charge in [0.1, 0.15) is 5.60 Å². The van der Waals surface area contributed by atoms with E-state index in [0.717, 1.165) is 30.3 Å². The van der Waals surface area contributed by atoms with Gasteiger partial charge < -0.3 is 19.1 Å². The Labute approximate surface area is 169 Å². The van der Waals surface area contributed by atoms with Crippen LogP contribution in [0.4, 0.5) is 4.79 Å². The number of ether oxygens (including phenoxy) is 3. The van der Waals surface area contributed by atoms with Crippen molar-refractivity contribution < 1.29 is 23.8 Å². The van der Waals surface area contributed by atoms with E-state index in [4.69, 9.17) is 14.2 Å². The van der Waals surface area contributed by atoms with E-state index >= 15 is 0 Å². The van der Waals surface area contributed by atoms with E-state index in [1.807, 2.05) is 37.7 Å². The molecule has 0 N–H and O–H groups in total. The molecule has 8 heteroatoms. The van der Waals surface area contributed by atoms with Crippen molar-refractivity contribution in [2.45, 2.75) is 45.3 Å². The third-order valence-corrected chi connectivity index (χ3v) is 5.07. The van der Waals surface area contributed by atoms with E-state index in [9.17, 15) is 9.59 Å². The summed E-state index contributed by atoms with van der Waals surface area (Å²) in [5.74, 6) is 1.21. The van der Waals surface area contributed by atoms with Crippen LogP contribution in [0.1, 0.15) is 50.0 Å². The number of aromatic nitrogens is 2. The Morgan fingerprint density at radius 1 is 1.21 bits per heavy atom. The van der Waals surface area contributed by atoms with Gasteiger partial charge in [0.05, 0.1) is 12.2 Å². The van der Waals surface area contributed by atoms with Crippen molar-refractivity contribution in [3.8, 4) is 22.6 Å². The van der Waals surface area contributed by atoms with Crippen molar-refractivity contribution in [1.82, 2.24) is 14.7 Å². The second-order valence-electron chi connectivity index (χ2n) is 8.32. The van der Waals surface area contributed by atoms with Gasteiger partial charge in [0.15, 0.2) is 17.8 Å². The van der Waals surface area contributed by atoms with Crippen LogP contribution < -0.4 is 9.47 Å². The van der Waals surface area contributed by atoms with Gasteiger partial charge in [0.25, 0.3) is 0 Å². The molecule has 4 rings (SSSR count). The second-order valence-corrected chi connectivity index (χ2v) is 8.32. The molecule has 0 aliphatic carbocycles. The van der Waals surface area contributed by atoms with E-state index in [1.54, 1.807) is 17.2 Å². The number of fused-ring (bicyclic) bond motifs is 1. The Balaban J connectivity index is 1.46. The van der Waals surface area contributed by atoms with Crippen LogP contribution in [0, 0.1) is 0 Å². The zero-order valence-corrected chi connectivity index (χ0v) is 16.9. The number of rotatable bonds is 3. The molecule has 154 valence electrons. The number of carbonyl (C=O) groups is 2. The first kappa shape index (κ1) is 19.3. The summed E-state index contributed by atoms with van der Waals surface area (Å²) in [4.78, 5) is 25.5. The molecule has 1 aromatic heterocycles. The van der Waals surface area contributed by atoms with Crippen molar-refractivity contribution in [3.63, 3.8) is 0 Å². The highest BCUT2D eigenvalue weighted by atomic mass is 16.7. The van der Waals surface area contributed by atoms with Crippen LogP contribution in [0.3, 0.4) is 0 Å². The molecular weight excluding hydrogens is 374 g/mol. The highest BCUT2D eigenvalue weighted by molar-refractivity contribution is 5.89. The first-order valence-corrected chi connectivity index (χ1v) is 9.75. The van der Waals surface area contributed by atoms with Gasteiger partial charge in [-0.3, -0.25) is 9.48 Å². The van der Waals surface area contributed by atoms with E-state index in [-0.39, 0.29) is 18.9 Å². The molecule has 0 bridgehead atoms. The molecule has 1 saturated heterocycles. The van der Waals surface area contributed by atoms with Crippen LogP contribution in [-0.4, -0.2) is 52.5 Å². The zero-order valence-electron chi connectivity index (χ0n) is 16.9. The fraction of sp³-hybridized carbons (Fsp3) is 0.476. The maximum Gasteiger partial charge on any atom is 0.410 e. The minimum Gasteiger partial charge on any atom is -0.454 e. The number of benzene rings is 1. The van der Waals surface area contributed by atoms with Crippen LogP contribution in [0.15, 0.2) is 24.5 Å². The fourth-order valence-corrected chi connectivity index (χ4v) is 3.62. The Hall–Kier alpha value is -3.03. The number of hydrogen-bond acceptors (Lipinski definition) is 6. The minimum atomic E-state index is -0.494. The molecule has 0 atom stereocenters. The second kappa shape index (κ2) is 7.42. The molecule has 1 aromatic carbocycles. The summed E-state index contributed by atoms with van der Waals surface area (Å²) >= 11 is 0. The molecule has 0 radical (unpaired) electrons. The Bertz CT molecular complexity index is 923.